The summed E-state index contributed by atoms with van der Waals surface area (Å²) in [6, 6.07) is 0.623. The summed E-state index contributed by atoms with van der Waals surface area (Å²) in [4.78, 5) is 0. The molecule has 1 rings (SSSR count). The molecule has 0 amide bonds. The van der Waals surface area contributed by atoms with E-state index in [1.54, 1.807) is 0 Å². The van der Waals surface area contributed by atoms with Gasteiger partial charge in [-0.15, -0.1) is 0 Å². The minimum atomic E-state index is 0.231. The summed E-state index contributed by atoms with van der Waals surface area (Å²) in [6.45, 7) is 4.57. The van der Waals surface area contributed by atoms with Gasteiger partial charge < -0.3 is 10.3 Å². The van der Waals surface area contributed by atoms with Gasteiger partial charge in [-0.3, -0.25) is 5.32 Å². The van der Waals surface area contributed by atoms with Gasteiger partial charge in [0.1, 0.15) is 12.7 Å². The summed E-state index contributed by atoms with van der Waals surface area (Å²) < 4.78 is 0. The predicted octanol–water partition coefficient (Wildman–Crippen LogP) is -1.29. The molecule has 3 atom stereocenters. The van der Waals surface area contributed by atoms with Crippen LogP contribution in [0, 0.1) is 5.21 Å². The molecule has 3 unspecified atom stereocenters. The number of nitrogens with one attached hydrogen (secondary N) is 2. The van der Waals surface area contributed by atoms with E-state index in [2.05, 4.69) is 5.32 Å². The molecule has 2 N–H and O–H groups in total. The van der Waals surface area contributed by atoms with Crippen molar-refractivity contribution in [1.82, 2.24) is 5.32 Å². The number of hydrogen-bond donors (Lipinski definition) is 2. The lowest BCUT2D eigenvalue weighted by atomic mass is 10.2. The van der Waals surface area contributed by atoms with E-state index in [1.165, 1.54) is 0 Å². The van der Waals surface area contributed by atoms with Crippen LogP contribution in [0.3, 0.4) is 0 Å². The molecule has 48 valence electrons. The summed E-state index contributed by atoms with van der Waals surface area (Å²) >= 11 is 0. The highest BCUT2D eigenvalue weighted by atomic mass is 16.5. The highest BCUT2D eigenvalue weighted by Crippen LogP contribution is 1.89. The van der Waals surface area contributed by atoms with Crippen LogP contribution in [0.1, 0.15) is 13.8 Å². The van der Waals surface area contributed by atoms with E-state index in [1.807, 2.05) is 13.8 Å². The van der Waals surface area contributed by atoms with Crippen LogP contribution in [-0.4, -0.2) is 18.8 Å². The molecular formula is C5H12N2O. The van der Waals surface area contributed by atoms with Gasteiger partial charge in [0.2, 0.25) is 0 Å². The smallest absolute Gasteiger partial charge is 0.131 e. The number of hydrogen-bond acceptors (Lipinski definition) is 2. The first-order chi connectivity index (χ1) is 3.72. The molecule has 3 heteroatoms. The fraction of sp³-hybridized carbons (Fsp3) is 1.00. The zero-order valence-electron chi connectivity index (χ0n) is 5.27. The second kappa shape index (κ2) is 2.01. The van der Waals surface area contributed by atoms with Crippen molar-refractivity contribution in [2.24, 2.45) is 0 Å². The van der Waals surface area contributed by atoms with Crippen LogP contribution in [0.4, 0.5) is 0 Å². The van der Waals surface area contributed by atoms with Gasteiger partial charge in [-0.25, -0.2) is 0 Å². The third kappa shape index (κ3) is 0.844. The maximum Gasteiger partial charge on any atom is 0.131 e. The van der Waals surface area contributed by atoms with Gasteiger partial charge >= 0.3 is 0 Å². The molecule has 0 spiro atoms. The van der Waals surface area contributed by atoms with Crippen molar-refractivity contribution in [3.05, 3.63) is 5.21 Å². The Labute approximate surface area is 49.3 Å². The van der Waals surface area contributed by atoms with Crippen LogP contribution in [-0.2, 0) is 0 Å². The lowest BCUT2D eigenvalue weighted by Crippen LogP contribution is -3.09. The SMILES string of the molecule is CC1NC[NH+]([O-])C1C. The van der Waals surface area contributed by atoms with Crippen LogP contribution in [0.25, 0.3) is 0 Å². The summed E-state index contributed by atoms with van der Waals surface area (Å²) in [5.74, 6) is 0. The fourth-order valence-electron chi connectivity index (χ4n) is 0.878. The first kappa shape index (κ1) is 6.01. The van der Waals surface area contributed by atoms with E-state index in [0.717, 1.165) is 0 Å². The lowest BCUT2D eigenvalue weighted by molar-refractivity contribution is -0.860. The van der Waals surface area contributed by atoms with E-state index in [-0.39, 0.29) is 6.04 Å². The first-order valence-corrected chi connectivity index (χ1v) is 2.98. The largest absolute Gasteiger partial charge is 0.633 e. The van der Waals surface area contributed by atoms with Crippen LogP contribution in [0.2, 0.25) is 0 Å². The lowest BCUT2D eigenvalue weighted by Gasteiger charge is -2.20. The quantitative estimate of drug-likeness (QED) is 0.386. The summed E-state index contributed by atoms with van der Waals surface area (Å²) in [5.41, 5.74) is 0. The molecule has 1 aliphatic rings. The van der Waals surface area contributed by atoms with Crippen molar-refractivity contribution < 1.29 is 5.06 Å². The van der Waals surface area contributed by atoms with Gasteiger partial charge in [0.25, 0.3) is 0 Å². The van der Waals surface area contributed by atoms with Gasteiger partial charge in [0.05, 0.1) is 6.04 Å². The van der Waals surface area contributed by atoms with Gasteiger partial charge in [0, 0.05) is 0 Å². The molecule has 0 aromatic rings. The average molecular weight is 116 g/mol. The van der Waals surface area contributed by atoms with Crippen LogP contribution in [0.15, 0.2) is 0 Å². The molecule has 0 aliphatic carbocycles. The van der Waals surface area contributed by atoms with Crippen LogP contribution in [0.5, 0.6) is 0 Å². The second-order valence-electron chi connectivity index (χ2n) is 2.42. The molecule has 8 heavy (non-hydrogen) atoms. The Morgan fingerprint density at radius 3 is 2.38 bits per heavy atom. The molecule has 1 aliphatic heterocycles. The Morgan fingerprint density at radius 1 is 1.62 bits per heavy atom. The molecule has 1 fully saturated rings. The zero-order valence-corrected chi connectivity index (χ0v) is 5.27. The highest BCUT2D eigenvalue weighted by Gasteiger charge is 2.24. The molecule has 0 bridgehead atoms. The molecule has 1 saturated heterocycles. The van der Waals surface area contributed by atoms with Gasteiger partial charge in [-0.05, 0) is 13.8 Å². The van der Waals surface area contributed by atoms with E-state index in [0.29, 0.717) is 17.8 Å². The number of hydroxylamine groups is 2. The minimum Gasteiger partial charge on any atom is -0.633 e. The summed E-state index contributed by atoms with van der Waals surface area (Å²) in [7, 11) is 0. The molecule has 0 aromatic carbocycles. The van der Waals surface area contributed by atoms with Crippen molar-refractivity contribution in [2.75, 3.05) is 6.67 Å². The van der Waals surface area contributed by atoms with Gasteiger partial charge in [-0.1, -0.05) is 0 Å². The standard InChI is InChI=1S/C5H12N2O/c1-4-5(2)7(8)3-6-4/h4-7H,3H2,1-2H3. The minimum absolute atomic E-state index is 0.231. The van der Waals surface area contributed by atoms with Crippen molar-refractivity contribution in [3.63, 3.8) is 0 Å². The van der Waals surface area contributed by atoms with Crippen molar-refractivity contribution in [3.8, 4) is 0 Å². The maximum atomic E-state index is 10.7. The van der Waals surface area contributed by atoms with Crippen LogP contribution >= 0.6 is 0 Å². The van der Waals surface area contributed by atoms with Gasteiger partial charge in [0.15, 0.2) is 0 Å². The molecule has 0 saturated carbocycles. The van der Waals surface area contributed by atoms with Crippen molar-refractivity contribution in [1.29, 1.82) is 0 Å². The molecule has 0 aromatic heterocycles. The fourth-order valence-corrected chi connectivity index (χ4v) is 0.878. The third-order valence-electron chi connectivity index (χ3n) is 1.86. The molecule has 3 nitrogen and oxygen atoms in total. The number of rotatable bonds is 0. The highest BCUT2D eigenvalue weighted by molar-refractivity contribution is 4.69. The Balaban J connectivity index is 2.44. The third-order valence-corrected chi connectivity index (χ3v) is 1.86. The second-order valence-corrected chi connectivity index (χ2v) is 2.42. The Morgan fingerprint density at radius 2 is 2.25 bits per heavy atom. The van der Waals surface area contributed by atoms with E-state index in [9.17, 15) is 5.21 Å². The van der Waals surface area contributed by atoms with Crippen molar-refractivity contribution in [2.45, 2.75) is 25.9 Å². The van der Waals surface area contributed by atoms with E-state index >= 15 is 0 Å². The van der Waals surface area contributed by atoms with Crippen molar-refractivity contribution >= 4 is 0 Å². The molecule has 0 radical (unpaired) electrons. The monoisotopic (exact) mass is 116 g/mol. The normalized spacial score (nSPS) is 47.6. The Kier molecular flexibility index (Phi) is 1.51. The van der Waals surface area contributed by atoms with Gasteiger partial charge in [-0.2, -0.15) is 0 Å². The number of quaternary nitrogens is 1. The Bertz CT molecular complexity index is 76.5. The summed E-state index contributed by atoms with van der Waals surface area (Å²) in [6.07, 6.45) is 0. The Hall–Kier alpha value is -0.120. The molecular weight excluding hydrogens is 104 g/mol. The topological polar surface area (TPSA) is 39.5 Å². The zero-order chi connectivity index (χ0) is 6.15. The van der Waals surface area contributed by atoms with E-state index < -0.39 is 0 Å². The maximum absolute atomic E-state index is 10.7. The van der Waals surface area contributed by atoms with E-state index in [4.69, 9.17) is 0 Å². The summed E-state index contributed by atoms with van der Waals surface area (Å²) in [5, 5.41) is 14.1. The first-order valence-electron chi connectivity index (χ1n) is 2.98. The molecule has 1 heterocycles. The average Bonchev–Trinajstić information content (AvgIpc) is 1.98. The predicted molar refractivity (Wildman–Crippen MR) is 31.3 cm³/mol. The van der Waals surface area contributed by atoms with Crippen LogP contribution < -0.4 is 10.4 Å².